The number of halogens is 1. The van der Waals surface area contributed by atoms with Gasteiger partial charge in [-0.25, -0.2) is 4.98 Å². The quantitative estimate of drug-likeness (QED) is 0.448. The summed E-state index contributed by atoms with van der Waals surface area (Å²) in [6.07, 6.45) is 0. The lowest BCUT2D eigenvalue weighted by Gasteiger charge is -2.13. The predicted molar refractivity (Wildman–Crippen MR) is 109 cm³/mol. The largest absolute Gasteiger partial charge is 0.493 e. The van der Waals surface area contributed by atoms with Crippen LogP contribution in [0.2, 0.25) is 5.02 Å². The van der Waals surface area contributed by atoms with Gasteiger partial charge in [-0.15, -0.1) is 0 Å². The van der Waals surface area contributed by atoms with Gasteiger partial charge in [0.05, 0.1) is 24.7 Å². The smallest absolute Gasteiger partial charge is 0.161 e. The average molecular weight is 379 g/mol. The number of aromatic nitrogens is 2. The maximum atomic E-state index is 6.04. The van der Waals surface area contributed by atoms with Gasteiger partial charge in [0.2, 0.25) is 0 Å². The van der Waals surface area contributed by atoms with Gasteiger partial charge in [0, 0.05) is 10.6 Å². The third-order valence-corrected chi connectivity index (χ3v) is 4.65. The molecule has 0 N–H and O–H groups in total. The molecule has 0 atom stereocenters. The van der Waals surface area contributed by atoms with Crippen molar-refractivity contribution in [2.45, 2.75) is 6.54 Å². The van der Waals surface area contributed by atoms with E-state index in [9.17, 15) is 0 Å². The lowest BCUT2D eigenvalue weighted by molar-refractivity contribution is 0.281. The van der Waals surface area contributed by atoms with Crippen molar-refractivity contribution in [3.05, 3.63) is 77.8 Å². The summed E-state index contributed by atoms with van der Waals surface area (Å²) in [5.41, 5.74) is 3.05. The van der Waals surface area contributed by atoms with E-state index < -0.39 is 0 Å². The number of nitrogens with zero attached hydrogens (tertiary/aromatic N) is 2. The number of benzene rings is 3. The summed E-state index contributed by atoms with van der Waals surface area (Å²) in [7, 11) is 1.64. The van der Waals surface area contributed by atoms with Crippen molar-refractivity contribution in [1.82, 2.24) is 9.55 Å². The Labute approximate surface area is 162 Å². The van der Waals surface area contributed by atoms with Gasteiger partial charge in [-0.3, -0.25) is 0 Å². The Morgan fingerprint density at radius 3 is 2.37 bits per heavy atom. The highest BCUT2D eigenvalue weighted by molar-refractivity contribution is 6.30. The molecule has 136 valence electrons. The van der Waals surface area contributed by atoms with E-state index in [0.29, 0.717) is 18.2 Å². The topological polar surface area (TPSA) is 36.3 Å². The summed E-state index contributed by atoms with van der Waals surface area (Å²) in [6.45, 7) is 1.16. The molecule has 0 saturated heterocycles. The normalized spacial score (nSPS) is 10.9. The molecule has 0 saturated carbocycles. The molecule has 0 spiro atoms. The SMILES string of the molecule is COc1ccccc1OCCn1c(-c2ccc(Cl)cc2)nc2ccccc21. The van der Waals surface area contributed by atoms with Gasteiger partial charge in [0.25, 0.3) is 0 Å². The molecule has 5 heteroatoms. The highest BCUT2D eigenvalue weighted by Gasteiger charge is 2.13. The highest BCUT2D eigenvalue weighted by Crippen LogP contribution is 2.28. The Morgan fingerprint density at radius 2 is 1.59 bits per heavy atom. The molecule has 0 fully saturated rings. The number of rotatable bonds is 6. The number of hydrogen-bond donors (Lipinski definition) is 0. The number of para-hydroxylation sites is 4. The molecule has 0 amide bonds. The van der Waals surface area contributed by atoms with Crippen LogP contribution in [0.15, 0.2) is 72.8 Å². The molecule has 1 aromatic heterocycles. The van der Waals surface area contributed by atoms with Crippen molar-refractivity contribution in [2.75, 3.05) is 13.7 Å². The van der Waals surface area contributed by atoms with Crippen LogP contribution in [0.1, 0.15) is 0 Å². The van der Waals surface area contributed by atoms with Crippen molar-refractivity contribution in [1.29, 1.82) is 0 Å². The fourth-order valence-electron chi connectivity index (χ4n) is 3.11. The minimum Gasteiger partial charge on any atom is -0.493 e. The van der Waals surface area contributed by atoms with Crippen LogP contribution in [-0.4, -0.2) is 23.3 Å². The van der Waals surface area contributed by atoms with E-state index in [-0.39, 0.29) is 0 Å². The van der Waals surface area contributed by atoms with E-state index >= 15 is 0 Å². The van der Waals surface area contributed by atoms with Crippen molar-refractivity contribution in [3.63, 3.8) is 0 Å². The first-order valence-corrected chi connectivity index (χ1v) is 9.11. The Balaban J connectivity index is 1.64. The molecule has 0 aliphatic rings. The van der Waals surface area contributed by atoms with E-state index in [2.05, 4.69) is 10.6 Å². The molecular formula is C22H19ClN2O2. The van der Waals surface area contributed by atoms with Crippen molar-refractivity contribution < 1.29 is 9.47 Å². The van der Waals surface area contributed by atoms with Crippen molar-refractivity contribution >= 4 is 22.6 Å². The Morgan fingerprint density at radius 1 is 0.889 bits per heavy atom. The monoisotopic (exact) mass is 378 g/mol. The van der Waals surface area contributed by atoms with Crippen LogP contribution in [0, 0.1) is 0 Å². The molecular weight excluding hydrogens is 360 g/mol. The minimum absolute atomic E-state index is 0.501. The van der Waals surface area contributed by atoms with Gasteiger partial charge in [0.1, 0.15) is 12.4 Å². The summed E-state index contributed by atoms with van der Waals surface area (Å²) < 4.78 is 13.5. The molecule has 4 aromatic rings. The van der Waals surface area contributed by atoms with Crippen LogP contribution in [0.5, 0.6) is 11.5 Å². The highest BCUT2D eigenvalue weighted by atomic mass is 35.5. The molecule has 0 radical (unpaired) electrons. The zero-order valence-corrected chi connectivity index (χ0v) is 15.7. The lowest BCUT2D eigenvalue weighted by atomic mass is 10.2. The summed E-state index contributed by atoms with van der Waals surface area (Å²) in [5, 5.41) is 0.709. The summed E-state index contributed by atoms with van der Waals surface area (Å²) in [5.74, 6) is 2.36. The van der Waals surface area contributed by atoms with Crippen molar-refractivity contribution in [2.24, 2.45) is 0 Å². The minimum atomic E-state index is 0.501. The van der Waals surface area contributed by atoms with Crippen molar-refractivity contribution in [3.8, 4) is 22.9 Å². The second kappa shape index (κ2) is 7.72. The van der Waals surface area contributed by atoms with Crippen LogP contribution in [0.3, 0.4) is 0 Å². The van der Waals surface area contributed by atoms with Gasteiger partial charge in [-0.2, -0.15) is 0 Å². The number of ether oxygens (including phenoxy) is 2. The Bertz CT molecular complexity index is 1060. The molecule has 1 heterocycles. The molecule has 0 unspecified atom stereocenters. The van der Waals surface area contributed by atoms with Crippen LogP contribution >= 0.6 is 11.6 Å². The third kappa shape index (κ3) is 3.62. The second-order valence-corrected chi connectivity index (χ2v) is 6.52. The molecule has 27 heavy (non-hydrogen) atoms. The number of fused-ring (bicyclic) bond motifs is 1. The zero-order chi connectivity index (χ0) is 18.6. The maximum absolute atomic E-state index is 6.04. The van der Waals surface area contributed by atoms with Crippen LogP contribution < -0.4 is 9.47 Å². The second-order valence-electron chi connectivity index (χ2n) is 6.08. The number of hydrogen-bond acceptors (Lipinski definition) is 3. The van der Waals surface area contributed by atoms with E-state index in [4.69, 9.17) is 26.1 Å². The number of methoxy groups -OCH3 is 1. The first kappa shape index (κ1) is 17.4. The Kier molecular flexibility index (Phi) is 4.99. The van der Waals surface area contributed by atoms with Gasteiger partial charge < -0.3 is 14.0 Å². The molecule has 4 rings (SSSR count). The fourth-order valence-corrected chi connectivity index (χ4v) is 3.23. The third-order valence-electron chi connectivity index (χ3n) is 4.40. The van der Waals surface area contributed by atoms with Gasteiger partial charge in [-0.05, 0) is 48.5 Å². The van der Waals surface area contributed by atoms with Gasteiger partial charge >= 0.3 is 0 Å². The van der Waals surface area contributed by atoms with E-state index in [0.717, 1.165) is 33.9 Å². The van der Waals surface area contributed by atoms with E-state index in [1.54, 1.807) is 7.11 Å². The Hall–Kier alpha value is -2.98. The standard InChI is InChI=1S/C22H19ClN2O2/c1-26-20-8-4-5-9-21(20)27-15-14-25-19-7-3-2-6-18(19)24-22(25)16-10-12-17(23)13-11-16/h2-13H,14-15H2,1H3. The lowest BCUT2D eigenvalue weighted by Crippen LogP contribution is -2.10. The van der Waals surface area contributed by atoms with E-state index in [1.165, 1.54) is 0 Å². The van der Waals surface area contributed by atoms with Gasteiger partial charge in [0.15, 0.2) is 11.5 Å². The van der Waals surface area contributed by atoms with Crippen LogP contribution in [0.25, 0.3) is 22.4 Å². The summed E-state index contributed by atoms with van der Waals surface area (Å²) in [4.78, 5) is 4.81. The molecule has 0 aliphatic heterocycles. The first-order valence-electron chi connectivity index (χ1n) is 8.73. The predicted octanol–water partition coefficient (Wildman–Crippen LogP) is 5.44. The van der Waals surface area contributed by atoms with Crippen LogP contribution in [0.4, 0.5) is 0 Å². The maximum Gasteiger partial charge on any atom is 0.161 e. The summed E-state index contributed by atoms with van der Waals surface area (Å²) >= 11 is 6.04. The number of imidazole rings is 1. The molecule has 4 nitrogen and oxygen atoms in total. The summed E-state index contributed by atoms with van der Waals surface area (Å²) in [6, 6.07) is 23.5. The molecule has 0 bridgehead atoms. The first-order chi connectivity index (χ1) is 13.3. The average Bonchev–Trinajstić information content (AvgIpc) is 3.08. The fraction of sp³-hybridized carbons (Fsp3) is 0.136. The zero-order valence-electron chi connectivity index (χ0n) is 14.9. The molecule has 3 aromatic carbocycles. The molecule has 0 aliphatic carbocycles. The van der Waals surface area contributed by atoms with Crippen LogP contribution in [-0.2, 0) is 6.54 Å². The van der Waals surface area contributed by atoms with Gasteiger partial charge in [-0.1, -0.05) is 35.9 Å². The van der Waals surface area contributed by atoms with E-state index in [1.807, 2.05) is 66.7 Å².